The summed E-state index contributed by atoms with van der Waals surface area (Å²) in [5.74, 6) is 0. The molecule has 0 aliphatic heterocycles. The van der Waals surface area contributed by atoms with Crippen LogP contribution in [0, 0.1) is 59.2 Å². The third-order valence-corrected chi connectivity index (χ3v) is 0. The largest absolute Gasteiger partial charge is 2.00 e. The Hall–Kier alpha value is -2.04. The average molecular weight is 189 g/mol. The molecule has 0 heterocycles. The van der Waals surface area contributed by atoms with Gasteiger partial charge in [0.2, 0.25) is 0 Å². The molecule has 6 heteroatoms. The van der Waals surface area contributed by atoms with Gasteiger partial charge in [0, 0.05) is 0 Å². The van der Waals surface area contributed by atoms with E-state index >= 15 is 0 Å². The van der Waals surface area contributed by atoms with Crippen molar-refractivity contribution in [1.29, 1.82) is 26.3 Å². The summed E-state index contributed by atoms with van der Waals surface area (Å²) in [5, 5.41) is 31.2. The number of hydrogen-bond acceptors (Lipinski definition) is 5. The van der Waals surface area contributed by atoms with Gasteiger partial charge in [0.1, 0.15) is 0 Å². The van der Waals surface area contributed by atoms with Crippen molar-refractivity contribution in [2.75, 3.05) is 0 Å². The van der Waals surface area contributed by atoms with Crippen LogP contribution >= 0.6 is 0 Å². The molecule has 0 atom stereocenters. The van der Waals surface area contributed by atoms with E-state index in [1.54, 1.807) is 0 Å². The Bertz CT molecular complexity index is 73.4. The van der Waals surface area contributed by atoms with Gasteiger partial charge >= 0.3 is 16.8 Å². The average Bonchev–Trinajstić information content (AvgIpc) is 2.20. The zero-order valence-electron chi connectivity index (χ0n) is 5.07. The first-order valence-corrected chi connectivity index (χ1v) is 1.12. The second-order valence-electron chi connectivity index (χ2n) is 0. The second kappa shape index (κ2) is 92.2. The van der Waals surface area contributed by atoms with Crippen LogP contribution in [0.5, 0.6) is 0 Å². The van der Waals surface area contributed by atoms with Gasteiger partial charge in [-0.3, -0.25) is 0 Å². The zero-order valence-corrected chi connectivity index (χ0v) is 6.11. The van der Waals surface area contributed by atoms with E-state index in [4.69, 9.17) is 59.2 Å². The van der Waals surface area contributed by atoms with Crippen molar-refractivity contribution < 1.29 is 16.8 Å². The minimum absolute atomic E-state index is 0. The maximum absolute atomic E-state index is 6.25. The molecule has 11 heavy (non-hydrogen) atoms. The Labute approximate surface area is 76.5 Å². The molecule has 0 rings (SSSR count). The topological polar surface area (TPSA) is 119 Å². The molecule has 0 unspecified atom stereocenters. The van der Waals surface area contributed by atoms with E-state index in [2.05, 4.69) is 0 Å². The summed E-state index contributed by atoms with van der Waals surface area (Å²) in [6.45, 7) is 23.8. The maximum Gasteiger partial charge on any atom is 2.00 e. The molecule has 0 aliphatic carbocycles. The second-order valence-corrected chi connectivity index (χ2v) is 0. The van der Waals surface area contributed by atoms with Crippen molar-refractivity contribution in [1.82, 2.24) is 0 Å². The summed E-state index contributed by atoms with van der Waals surface area (Å²) in [7, 11) is 0. The van der Waals surface area contributed by atoms with Gasteiger partial charge in [0.15, 0.2) is 0 Å². The van der Waals surface area contributed by atoms with Crippen molar-refractivity contribution in [3.8, 4) is 0 Å². The van der Waals surface area contributed by atoms with E-state index < -0.39 is 0 Å². The number of hydrogen-bond donors (Lipinski definition) is 0. The van der Waals surface area contributed by atoms with Crippen LogP contribution in [0.25, 0.3) is 0 Å². The SMILES string of the molecule is [C-]#N.[C-]#N.[C-]#N.[C-]#N.[C-]#N.[Co+2]. The third-order valence-electron chi connectivity index (χ3n) is 0. The minimum Gasteiger partial charge on any atom is -0.512 e. The first-order chi connectivity index (χ1) is 5.00. The van der Waals surface area contributed by atoms with E-state index in [-0.39, 0.29) is 16.8 Å². The van der Waals surface area contributed by atoms with Gasteiger partial charge in [-0.05, 0) is 0 Å². The Morgan fingerprint density at radius 2 is 0.364 bits per heavy atom. The molecular formula is C5CoN5-3. The molecule has 0 aliphatic rings. The van der Waals surface area contributed by atoms with Gasteiger partial charge in [-0.25, -0.2) is 0 Å². The number of rotatable bonds is 0. The predicted molar refractivity (Wildman–Crippen MR) is 24.8 cm³/mol. The molecule has 0 fully saturated rings. The molecule has 0 N–H and O–H groups in total. The quantitative estimate of drug-likeness (QED) is 0.513. The van der Waals surface area contributed by atoms with Crippen LogP contribution in [0.3, 0.4) is 0 Å². The summed E-state index contributed by atoms with van der Waals surface area (Å²) in [4.78, 5) is 0. The Balaban J connectivity index is -0.00000000694. The van der Waals surface area contributed by atoms with E-state index in [1.165, 1.54) is 0 Å². The third kappa shape index (κ3) is 67.6. The van der Waals surface area contributed by atoms with Crippen LogP contribution in [-0.2, 0) is 16.8 Å². The van der Waals surface area contributed by atoms with Crippen LogP contribution in [-0.4, -0.2) is 0 Å². The van der Waals surface area contributed by atoms with Crippen molar-refractivity contribution in [3.63, 3.8) is 0 Å². The fourth-order valence-corrected chi connectivity index (χ4v) is 0. The van der Waals surface area contributed by atoms with Gasteiger partial charge in [-0.15, -0.1) is 0 Å². The van der Waals surface area contributed by atoms with Crippen molar-refractivity contribution in [3.05, 3.63) is 32.9 Å². The van der Waals surface area contributed by atoms with Crippen LogP contribution in [0.15, 0.2) is 0 Å². The van der Waals surface area contributed by atoms with E-state index in [1.807, 2.05) is 0 Å². The summed E-state index contributed by atoms with van der Waals surface area (Å²) in [6, 6.07) is 0. The summed E-state index contributed by atoms with van der Waals surface area (Å²) < 4.78 is 0. The summed E-state index contributed by atoms with van der Waals surface area (Å²) >= 11 is 0. The Kier molecular flexibility index (Phi) is 544. The van der Waals surface area contributed by atoms with Crippen molar-refractivity contribution in [2.45, 2.75) is 0 Å². The maximum atomic E-state index is 6.25. The molecule has 0 aromatic carbocycles. The first-order valence-electron chi connectivity index (χ1n) is 1.12. The smallest absolute Gasteiger partial charge is 0.512 e. The van der Waals surface area contributed by atoms with Gasteiger partial charge in [0.25, 0.3) is 0 Å². The molecule has 0 aromatic rings. The monoisotopic (exact) mass is 189 g/mol. The van der Waals surface area contributed by atoms with E-state index in [9.17, 15) is 0 Å². The number of nitrogens with zero attached hydrogens (tertiary/aromatic N) is 5. The van der Waals surface area contributed by atoms with Gasteiger partial charge in [-0.1, -0.05) is 0 Å². The molecule has 0 saturated carbocycles. The molecule has 57 valence electrons. The fraction of sp³-hybridized carbons (Fsp3) is 0. The van der Waals surface area contributed by atoms with Gasteiger partial charge < -0.3 is 59.2 Å². The molecule has 0 bridgehead atoms. The standard InChI is InChI=1S/5CN.Co/c5*1-2;/q5*-1;+2. The van der Waals surface area contributed by atoms with Gasteiger partial charge in [-0.2, -0.15) is 0 Å². The van der Waals surface area contributed by atoms with E-state index in [0.29, 0.717) is 0 Å². The molecule has 0 saturated heterocycles. The summed E-state index contributed by atoms with van der Waals surface area (Å²) in [6.07, 6.45) is 0. The first kappa shape index (κ1) is 64.9. The fourth-order valence-electron chi connectivity index (χ4n) is 0. The Morgan fingerprint density at radius 1 is 0.364 bits per heavy atom. The normalized spacial score (nSPS) is 0.909. The summed E-state index contributed by atoms with van der Waals surface area (Å²) in [5.41, 5.74) is 0. The molecule has 0 spiro atoms. The van der Waals surface area contributed by atoms with Gasteiger partial charge in [0.05, 0.1) is 0 Å². The molecule has 1 radical (unpaired) electrons. The van der Waals surface area contributed by atoms with Crippen molar-refractivity contribution >= 4 is 0 Å². The molecular weight excluding hydrogens is 189 g/mol. The zero-order chi connectivity index (χ0) is 10.0. The predicted octanol–water partition coefficient (Wildman–Crippen LogP) is 0.479. The van der Waals surface area contributed by atoms with Crippen LogP contribution < -0.4 is 0 Å². The van der Waals surface area contributed by atoms with Crippen LogP contribution in [0.4, 0.5) is 0 Å². The van der Waals surface area contributed by atoms with Crippen LogP contribution in [0.2, 0.25) is 0 Å². The Morgan fingerprint density at radius 3 is 0.364 bits per heavy atom. The molecule has 5 nitrogen and oxygen atoms in total. The molecule has 0 aromatic heterocycles. The van der Waals surface area contributed by atoms with E-state index in [0.717, 1.165) is 0 Å². The minimum atomic E-state index is 0. The molecule has 0 amide bonds. The van der Waals surface area contributed by atoms with Crippen molar-refractivity contribution in [2.24, 2.45) is 0 Å². The van der Waals surface area contributed by atoms with Crippen LogP contribution in [0.1, 0.15) is 0 Å².